The first-order chi connectivity index (χ1) is 10.4. The summed E-state index contributed by atoms with van der Waals surface area (Å²) in [4.78, 5) is 26.7. The van der Waals surface area contributed by atoms with Crippen LogP contribution in [0.25, 0.3) is 0 Å². The van der Waals surface area contributed by atoms with Gasteiger partial charge in [0.2, 0.25) is 0 Å². The van der Waals surface area contributed by atoms with Crippen LogP contribution in [-0.2, 0) is 24.2 Å². The zero-order valence-corrected chi connectivity index (χ0v) is 13.4. The van der Waals surface area contributed by atoms with Gasteiger partial charge in [0.25, 0.3) is 5.91 Å². The number of esters is 1. The SMILES string of the molecule is C=CCN(CC=C)C(=O)COC(=O)CN1CCS(=O)(=O)CC1. The van der Waals surface area contributed by atoms with Crippen LogP contribution in [0.1, 0.15) is 0 Å². The molecule has 0 aromatic heterocycles. The van der Waals surface area contributed by atoms with Crippen molar-refractivity contribution in [2.45, 2.75) is 0 Å². The van der Waals surface area contributed by atoms with E-state index in [9.17, 15) is 18.0 Å². The second-order valence-corrected chi connectivity index (χ2v) is 7.27. The molecule has 1 aliphatic rings. The monoisotopic (exact) mass is 330 g/mol. The molecular weight excluding hydrogens is 308 g/mol. The predicted molar refractivity (Wildman–Crippen MR) is 83.0 cm³/mol. The summed E-state index contributed by atoms with van der Waals surface area (Å²) in [7, 11) is -2.97. The van der Waals surface area contributed by atoms with E-state index < -0.39 is 15.8 Å². The van der Waals surface area contributed by atoms with Gasteiger partial charge in [-0.2, -0.15) is 0 Å². The van der Waals surface area contributed by atoms with Gasteiger partial charge in [0.05, 0.1) is 18.1 Å². The van der Waals surface area contributed by atoms with Crippen molar-refractivity contribution in [3.05, 3.63) is 25.3 Å². The fourth-order valence-electron chi connectivity index (χ4n) is 1.96. The van der Waals surface area contributed by atoms with Gasteiger partial charge in [-0.05, 0) is 0 Å². The number of carbonyl (C=O) groups excluding carboxylic acids is 2. The molecule has 1 rings (SSSR count). The fourth-order valence-corrected chi connectivity index (χ4v) is 3.24. The molecule has 1 saturated heterocycles. The van der Waals surface area contributed by atoms with E-state index in [2.05, 4.69) is 13.2 Å². The molecule has 0 radical (unpaired) electrons. The van der Waals surface area contributed by atoms with E-state index in [4.69, 9.17) is 4.74 Å². The average molecular weight is 330 g/mol. The van der Waals surface area contributed by atoms with Crippen LogP contribution in [0.3, 0.4) is 0 Å². The third-order valence-corrected chi connectivity index (χ3v) is 4.81. The van der Waals surface area contributed by atoms with E-state index in [1.165, 1.54) is 4.90 Å². The topological polar surface area (TPSA) is 84.0 Å². The first-order valence-electron chi connectivity index (χ1n) is 6.96. The lowest BCUT2D eigenvalue weighted by molar-refractivity contribution is -0.152. The lowest BCUT2D eigenvalue weighted by Crippen LogP contribution is -2.43. The Hall–Kier alpha value is -1.67. The molecule has 0 N–H and O–H groups in total. The van der Waals surface area contributed by atoms with Gasteiger partial charge in [-0.25, -0.2) is 8.42 Å². The van der Waals surface area contributed by atoms with Crippen molar-refractivity contribution in [1.82, 2.24) is 9.80 Å². The molecule has 0 bridgehead atoms. The number of hydrogen-bond acceptors (Lipinski definition) is 6. The number of nitrogens with zero attached hydrogens (tertiary/aromatic N) is 2. The number of amides is 1. The minimum absolute atomic E-state index is 0.00822. The van der Waals surface area contributed by atoms with Crippen LogP contribution in [0.15, 0.2) is 25.3 Å². The van der Waals surface area contributed by atoms with Crippen LogP contribution in [0.2, 0.25) is 0 Å². The van der Waals surface area contributed by atoms with Crippen molar-refractivity contribution in [3.8, 4) is 0 Å². The van der Waals surface area contributed by atoms with E-state index in [0.717, 1.165) is 0 Å². The van der Waals surface area contributed by atoms with Crippen molar-refractivity contribution in [1.29, 1.82) is 0 Å². The Morgan fingerprint density at radius 2 is 1.68 bits per heavy atom. The number of rotatable bonds is 8. The second kappa shape index (κ2) is 8.70. The highest BCUT2D eigenvalue weighted by molar-refractivity contribution is 7.91. The molecule has 0 aliphatic carbocycles. The molecule has 0 atom stereocenters. The quantitative estimate of drug-likeness (QED) is 0.439. The van der Waals surface area contributed by atoms with Gasteiger partial charge >= 0.3 is 5.97 Å². The van der Waals surface area contributed by atoms with Crippen molar-refractivity contribution in [2.24, 2.45) is 0 Å². The van der Waals surface area contributed by atoms with Crippen molar-refractivity contribution in [3.63, 3.8) is 0 Å². The number of ether oxygens (including phenoxy) is 1. The van der Waals surface area contributed by atoms with Crippen LogP contribution in [0, 0.1) is 0 Å². The molecule has 1 aliphatic heterocycles. The Bertz CT molecular complexity index is 505. The molecule has 124 valence electrons. The predicted octanol–water partition coefficient (Wildman–Crippen LogP) is -0.539. The number of hydrogen-bond donors (Lipinski definition) is 0. The van der Waals surface area contributed by atoms with E-state index in [0.29, 0.717) is 26.2 Å². The summed E-state index contributed by atoms with van der Waals surface area (Å²) in [5, 5.41) is 0. The molecule has 1 fully saturated rings. The van der Waals surface area contributed by atoms with Gasteiger partial charge in [-0.1, -0.05) is 12.2 Å². The third kappa shape index (κ3) is 6.40. The number of carbonyl (C=O) groups is 2. The summed E-state index contributed by atoms with van der Waals surface area (Å²) in [6, 6.07) is 0. The fraction of sp³-hybridized carbons (Fsp3) is 0.571. The van der Waals surface area contributed by atoms with Gasteiger partial charge in [-0.15, -0.1) is 13.2 Å². The summed E-state index contributed by atoms with van der Waals surface area (Å²) in [5.41, 5.74) is 0. The Balaban J connectivity index is 2.34. The third-order valence-electron chi connectivity index (χ3n) is 3.20. The molecule has 0 unspecified atom stereocenters. The van der Waals surface area contributed by atoms with Gasteiger partial charge < -0.3 is 9.64 Å². The maximum atomic E-state index is 11.9. The highest BCUT2D eigenvalue weighted by atomic mass is 32.2. The summed E-state index contributed by atoms with van der Waals surface area (Å²) in [6.07, 6.45) is 3.16. The maximum absolute atomic E-state index is 11.9. The summed E-state index contributed by atoms with van der Waals surface area (Å²) in [5.74, 6) is -0.767. The molecule has 0 spiro atoms. The zero-order valence-electron chi connectivity index (χ0n) is 12.6. The summed E-state index contributed by atoms with van der Waals surface area (Å²) >= 11 is 0. The molecule has 0 aromatic rings. The summed E-state index contributed by atoms with van der Waals surface area (Å²) in [6.45, 7) is 8.09. The number of sulfone groups is 1. The average Bonchev–Trinajstić information content (AvgIpc) is 2.47. The first-order valence-corrected chi connectivity index (χ1v) is 8.78. The molecule has 22 heavy (non-hydrogen) atoms. The smallest absolute Gasteiger partial charge is 0.320 e. The Kier molecular flexibility index (Phi) is 7.26. The largest absolute Gasteiger partial charge is 0.455 e. The summed E-state index contributed by atoms with van der Waals surface area (Å²) < 4.78 is 27.5. The molecule has 7 nitrogen and oxygen atoms in total. The molecule has 1 heterocycles. The van der Waals surface area contributed by atoms with Gasteiger partial charge in [0.15, 0.2) is 16.4 Å². The lowest BCUT2D eigenvalue weighted by atomic mass is 10.4. The zero-order chi connectivity index (χ0) is 16.6. The van der Waals surface area contributed by atoms with Crippen LogP contribution in [0.5, 0.6) is 0 Å². The van der Waals surface area contributed by atoms with Crippen molar-refractivity contribution in [2.75, 3.05) is 50.8 Å². The van der Waals surface area contributed by atoms with E-state index in [1.807, 2.05) is 0 Å². The normalized spacial score (nSPS) is 17.5. The molecule has 1 amide bonds. The molecule has 0 aromatic carbocycles. The Morgan fingerprint density at radius 1 is 1.14 bits per heavy atom. The van der Waals surface area contributed by atoms with Crippen LogP contribution < -0.4 is 0 Å². The Labute approximate surface area is 131 Å². The van der Waals surface area contributed by atoms with Gasteiger partial charge in [-0.3, -0.25) is 14.5 Å². The first kappa shape index (κ1) is 18.4. The van der Waals surface area contributed by atoms with Gasteiger partial charge in [0, 0.05) is 26.2 Å². The van der Waals surface area contributed by atoms with E-state index in [-0.39, 0.29) is 30.6 Å². The van der Waals surface area contributed by atoms with Crippen molar-refractivity contribution < 1.29 is 22.7 Å². The standard InChI is InChI=1S/C14H22N2O5S/c1-3-5-16(6-4-2)13(17)12-21-14(18)11-15-7-9-22(19,20)10-8-15/h3-4H,1-2,5-12H2. The van der Waals surface area contributed by atoms with Crippen molar-refractivity contribution >= 4 is 21.7 Å². The molecular formula is C14H22N2O5S. The van der Waals surface area contributed by atoms with Crippen LogP contribution in [0.4, 0.5) is 0 Å². The molecule has 0 saturated carbocycles. The highest BCUT2D eigenvalue weighted by Gasteiger charge is 2.23. The lowest BCUT2D eigenvalue weighted by Gasteiger charge is -2.25. The molecule has 8 heteroatoms. The minimum atomic E-state index is -2.97. The van der Waals surface area contributed by atoms with E-state index >= 15 is 0 Å². The Morgan fingerprint density at radius 3 is 2.18 bits per heavy atom. The maximum Gasteiger partial charge on any atom is 0.320 e. The van der Waals surface area contributed by atoms with Crippen LogP contribution in [-0.4, -0.2) is 80.9 Å². The van der Waals surface area contributed by atoms with E-state index in [1.54, 1.807) is 17.1 Å². The second-order valence-electron chi connectivity index (χ2n) is 4.96. The highest BCUT2D eigenvalue weighted by Crippen LogP contribution is 2.03. The van der Waals surface area contributed by atoms with Gasteiger partial charge in [0.1, 0.15) is 0 Å². The minimum Gasteiger partial charge on any atom is -0.455 e. The van der Waals surface area contributed by atoms with Crippen LogP contribution >= 0.6 is 0 Å².